The van der Waals surface area contributed by atoms with Crippen LogP contribution in [0.2, 0.25) is 0 Å². The molecule has 1 amide bonds. The number of aliphatic hydroxyl groups is 2. The molecule has 0 rings (SSSR count). The number of nitrogens with one attached hydrogen (secondary N) is 1. The van der Waals surface area contributed by atoms with Crippen LogP contribution in [-0.2, 0) is 4.79 Å². The number of hydrogen-bond donors (Lipinski definition) is 3. The van der Waals surface area contributed by atoms with Crippen LogP contribution in [-0.4, -0.2) is 34.9 Å². The van der Waals surface area contributed by atoms with E-state index in [1.165, 1.54) is 315 Å². The maximum absolute atomic E-state index is 12.5. The normalized spacial score (nSPS) is 12.9. The molecular weight excluding hydrogens is 867 g/mol. The fourth-order valence-corrected chi connectivity index (χ4v) is 10.4. The van der Waals surface area contributed by atoms with Crippen molar-refractivity contribution in [3.63, 3.8) is 0 Å². The van der Waals surface area contributed by atoms with Crippen LogP contribution in [0.1, 0.15) is 367 Å². The first-order chi connectivity index (χ1) is 35.2. The summed E-state index contributed by atoms with van der Waals surface area (Å²) in [5, 5.41) is 23.2. The molecule has 2 atom stereocenters. The molecule has 71 heavy (non-hydrogen) atoms. The Kier molecular flexibility index (Phi) is 61.7. The summed E-state index contributed by atoms with van der Waals surface area (Å²) in [7, 11) is 0. The van der Waals surface area contributed by atoms with Gasteiger partial charge in [-0.1, -0.05) is 346 Å². The molecule has 420 valence electrons. The molecule has 0 spiro atoms. The second-order valence-electron chi connectivity index (χ2n) is 22.5. The highest BCUT2D eigenvalue weighted by atomic mass is 16.3. The molecule has 0 aromatic rings. The van der Waals surface area contributed by atoms with Crippen molar-refractivity contribution in [2.45, 2.75) is 379 Å². The summed E-state index contributed by atoms with van der Waals surface area (Å²) in [4.78, 5) is 12.5. The van der Waals surface area contributed by atoms with Gasteiger partial charge in [-0.25, -0.2) is 0 Å². The molecule has 0 aliphatic carbocycles. The zero-order valence-corrected chi connectivity index (χ0v) is 48.5. The van der Waals surface area contributed by atoms with Gasteiger partial charge in [0.25, 0.3) is 0 Å². The van der Waals surface area contributed by atoms with E-state index in [2.05, 4.69) is 43.5 Å². The van der Waals surface area contributed by atoms with Crippen LogP contribution in [0.5, 0.6) is 0 Å². The summed E-state index contributed by atoms with van der Waals surface area (Å²) in [5.41, 5.74) is 0. The van der Waals surface area contributed by atoms with Gasteiger partial charge < -0.3 is 15.5 Å². The first-order valence-electron chi connectivity index (χ1n) is 32.7. The second-order valence-corrected chi connectivity index (χ2v) is 22.5. The van der Waals surface area contributed by atoms with Crippen LogP contribution >= 0.6 is 0 Å². The molecule has 2 unspecified atom stereocenters. The first kappa shape index (κ1) is 69.6. The summed E-state index contributed by atoms with van der Waals surface area (Å²) in [6, 6.07) is -0.621. The van der Waals surface area contributed by atoms with Crippen molar-refractivity contribution < 1.29 is 15.0 Å². The third-order valence-corrected chi connectivity index (χ3v) is 15.4. The number of unbranched alkanes of at least 4 members (excludes halogenated alkanes) is 50. The fraction of sp³-hybridized carbons (Fsp3) is 0.896. The van der Waals surface area contributed by atoms with E-state index in [0.29, 0.717) is 6.42 Å². The third kappa shape index (κ3) is 59.4. The van der Waals surface area contributed by atoms with Crippen molar-refractivity contribution in [3.05, 3.63) is 36.5 Å². The van der Waals surface area contributed by atoms with E-state index in [9.17, 15) is 15.0 Å². The lowest BCUT2D eigenvalue weighted by atomic mass is 10.0. The number of carbonyl (C=O) groups excluding carboxylic acids is 1. The summed E-state index contributed by atoms with van der Waals surface area (Å²) >= 11 is 0. The van der Waals surface area contributed by atoms with E-state index in [1.807, 2.05) is 6.08 Å². The standard InChI is InChI=1S/C67H129NO3/c1-3-5-7-9-11-13-15-17-19-21-23-25-27-28-29-30-31-32-33-34-35-36-37-38-39-40-41-43-45-47-49-51-53-55-57-59-61-63-67(71)68-65(64-69)66(70)62-60-58-56-54-52-50-48-46-44-42-26-24-22-20-18-16-14-12-10-8-6-4-2/h15,17,21,23,60,62,65-66,69-70H,3-14,16,18-20,22,24-59,61,63-64H2,1-2H3,(H,68,71)/b17-15-,23-21-,62-60+. The van der Waals surface area contributed by atoms with E-state index >= 15 is 0 Å². The minimum absolute atomic E-state index is 0.0559. The Morgan fingerprint density at radius 3 is 0.845 bits per heavy atom. The summed E-state index contributed by atoms with van der Waals surface area (Å²) in [6.45, 7) is 4.34. The van der Waals surface area contributed by atoms with Crippen molar-refractivity contribution in [3.8, 4) is 0 Å². The Bertz CT molecular complexity index is 1080. The molecule has 3 N–H and O–H groups in total. The van der Waals surface area contributed by atoms with Crippen LogP contribution < -0.4 is 5.32 Å². The number of carbonyl (C=O) groups is 1. The highest BCUT2D eigenvalue weighted by Gasteiger charge is 2.18. The molecule has 0 heterocycles. The van der Waals surface area contributed by atoms with Gasteiger partial charge >= 0.3 is 0 Å². The lowest BCUT2D eigenvalue weighted by Gasteiger charge is -2.20. The topological polar surface area (TPSA) is 69.6 Å². The molecule has 0 aromatic heterocycles. The van der Waals surface area contributed by atoms with E-state index < -0.39 is 12.1 Å². The molecule has 4 heteroatoms. The van der Waals surface area contributed by atoms with Gasteiger partial charge in [-0.3, -0.25) is 4.79 Å². The zero-order chi connectivity index (χ0) is 51.3. The highest BCUT2D eigenvalue weighted by Crippen LogP contribution is 2.18. The first-order valence-corrected chi connectivity index (χ1v) is 32.7. The van der Waals surface area contributed by atoms with Crippen molar-refractivity contribution in [2.24, 2.45) is 0 Å². The second kappa shape index (κ2) is 62.9. The molecule has 4 nitrogen and oxygen atoms in total. The maximum Gasteiger partial charge on any atom is 0.220 e. The molecule has 0 aliphatic heterocycles. The zero-order valence-electron chi connectivity index (χ0n) is 48.5. The van der Waals surface area contributed by atoms with Crippen LogP contribution in [0.4, 0.5) is 0 Å². The van der Waals surface area contributed by atoms with E-state index in [0.717, 1.165) is 32.1 Å². The molecular formula is C67H129NO3. The SMILES string of the molecule is CCCCCCC/C=C\C/C=C\CCCCCCCCCCCCCCCCCCCCCCCCCCCC(=O)NC(CO)C(O)/C=C/CCCCCCCCCCCCCCCCCCCCCC. The Hall–Kier alpha value is -1.39. The fourth-order valence-electron chi connectivity index (χ4n) is 10.4. The molecule has 0 radical (unpaired) electrons. The van der Waals surface area contributed by atoms with E-state index in [4.69, 9.17) is 0 Å². The van der Waals surface area contributed by atoms with Gasteiger partial charge in [0, 0.05) is 6.42 Å². The molecule has 0 bridgehead atoms. The van der Waals surface area contributed by atoms with Crippen molar-refractivity contribution in [1.82, 2.24) is 5.32 Å². The van der Waals surface area contributed by atoms with Gasteiger partial charge in [0.1, 0.15) is 0 Å². The molecule has 0 aromatic carbocycles. The van der Waals surface area contributed by atoms with Gasteiger partial charge in [0.2, 0.25) is 5.91 Å². The van der Waals surface area contributed by atoms with E-state index in [1.54, 1.807) is 6.08 Å². The maximum atomic E-state index is 12.5. The van der Waals surface area contributed by atoms with Crippen molar-refractivity contribution >= 4 is 5.91 Å². The average Bonchev–Trinajstić information content (AvgIpc) is 3.37. The molecule has 0 aliphatic rings. The molecule has 0 fully saturated rings. The average molecular weight is 997 g/mol. The lowest BCUT2D eigenvalue weighted by molar-refractivity contribution is -0.123. The highest BCUT2D eigenvalue weighted by molar-refractivity contribution is 5.76. The predicted molar refractivity (Wildman–Crippen MR) is 318 cm³/mol. The molecule has 0 saturated heterocycles. The summed E-state index contributed by atoms with van der Waals surface area (Å²) < 4.78 is 0. The summed E-state index contributed by atoms with van der Waals surface area (Å²) in [6.07, 6.45) is 86.4. The number of hydrogen-bond acceptors (Lipinski definition) is 3. The predicted octanol–water partition coefficient (Wildman–Crippen LogP) is 22.0. The van der Waals surface area contributed by atoms with Gasteiger partial charge in [0.15, 0.2) is 0 Å². The van der Waals surface area contributed by atoms with Gasteiger partial charge in [0.05, 0.1) is 18.8 Å². The van der Waals surface area contributed by atoms with Crippen LogP contribution in [0.25, 0.3) is 0 Å². The van der Waals surface area contributed by atoms with Crippen molar-refractivity contribution in [1.29, 1.82) is 0 Å². The van der Waals surface area contributed by atoms with Crippen molar-refractivity contribution in [2.75, 3.05) is 6.61 Å². The lowest BCUT2D eigenvalue weighted by Crippen LogP contribution is -2.45. The number of allylic oxidation sites excluding steroid dienone is 5. The summed E-state index contributed by atoms with van der Waals surface area (Å²) in [5.74, 6) is -0.0559. The number of rotatable bonds is 61. The Balaban J connectivity index is 3.40. The minimum Gasteiger partial charge on any atom is -0.394 e. The Labute approximate surface area is 446 Å². The largest absolute Gasteiger partial charge is 0.394 e. The van der Waals surface area contributed by atoms with Gasteiger partial charge in [-0.2, -0.15) is 0 Å². The van der Waals surface area contributed by atoms with Crippen LogP contribution in [0.15, 0.2) is 36.5 Å². The monoisotopic (exact) mass is 996 g/mol. The number of amides is 1. The van der Waals surface area contributed by atoms with Gasteiger partial charge in [-0.05, 0) is 51.4 Å². The Morgan fingerprint density at radius 2 is 0.577 bits per heavy atom. The smallest absolute Gasteiger partial charge is 0.220 e. The van der Waals surface area contributed by atoms with Gasteiger partial charge in [-0.15, -0.1) is 0 Å². The van der Waals surface area contributed by atoms with E-state index in [-0.39, 0.29) is 12.5 Å². The van der Waals surface area contributed by atoms with Crippen LogP contribution in [0.3, 0.4) is 0 Å². The number of aliphatic hydroxyl groups excluding tert-OH is 2. The molecule has 0 saturated carbocycles. The van der Waals surface area contributed by atoms with Crippen LogP contribution in [0, 0.1) is 0 Å². The Morgan fingerprint density at radius 1 is 0.338 bits per heavy atom. The third-order valence-electron chi connectivity index (χ3n) is 15.4. The quantitative estimate of drug-likeness (QED) is 0.0420. The minimum atomic E-state index is -0.838.